The van der Waals surface area contributed by atoms with Gasteiger partial charge in [-0.25, -0.2) is 4.98 Å². The Morgan fingerprint density at radius 2 is 2.29 bits per heavy atom. The van der Waals surface area contributed by atoms with Crippen molar-refractivity contribution < 1.29 is 0 Å². The van der Waals surface area contributed by atoms with Crippen LogP contribution in [0.3, 0.4) is 0 Å². The van der Waals surface area contributed by atoms with Crippen LogP contribution >= 0.6 is 22.9 Å². The first-order valence-corrected chi connectivity index (χ1v) is 6.07. The van der Waals surface area contributed by atoms with Gasteiger partial charge < -0.3 is 0 Å². The number of thiazole rings is 1. The zero-order valence-corrected chi connectivity index (χ0v) is 9.66. The quantitative estimate of drug-likeness (QED) is 0.725. The molecule has 0 aliphatic carbocycles. The van der Waals surface area contributed by atoms with Gasteiger partial charge in [0.15, 0.2) is 0 Å². The third-order valence-corrected chi connectivity index (χ3v) is 3.48. The smallest absolute Gasteiger partial charge is 0.0939 e. The van der Waals surface area contributed by atoms with Gasteiger partial charge in [0.2, 0.25) is 0 Å². The first kappa shape index (κ1) is 9.94. The lowest BCUT2D eigenvalue weighted by Crippen LogP contribution is -1.83. The Balaban J connectivity index is 2.32. The van der Waals surface area contributed by atoms with Crippen LogP contribution in [0.25, 0.3) is 10.2 Å². The number of aryl methyl sites for hydroxylation is 2. The van der Waals surface area contributed by atoms with Gasteiger partial charge >= 0.3 is 0 Å². The Kier molecular flexibility index (Phi) is 3.04. The summed E-state index contributed by atoms with van der Waals surface area (Å²) in [5.41, 5.74) is 2.39. The Hall–Kier alpha value is -0.600. The van der Waals surface area contributed by atoms with Crippen LogP contribution < -0.4 is 0 Å². The van der Waals surface area contributed by atoms with Crippen LogP contribution in [0.5, 0.6) is 0 Å². The van der Waals surface area contributed by atoms with Crippen LogP contribution in [-0.2, 0) is 6.42 Å². The molecule has 1 nitrogen and oxygen atoms in total. The van der Waals surface area contributed by atoms with Crippen molar-refractivity contribution in [3.8, 4) is 0 Å². The van der Waals surface area contributed by atoms with Crippen LogP contribution in [-0.4, -0.2) is 10.9 Å². The third-order valence-electron chi connectivity index (χ3n) is 2.11. The van der Waals surface area contributed by atoms with Crippen molar-refractivity contribution in [1.82, 2.24) is 4.98 Å². The minimum atomic E-state index is 0.717. The molecule has 0 fully saturated rings. The monoisotopic (exact) mass is 225 g/mol. The van der Waals surface area contributed by atoms with Crippen molar-refractivity contribution in [1.29, 1.82) is 0 Å². The van der Waals surface area contributed by atoms with Gasteiger partial charge in [-0.2, -0.15) is 0 Å². The summed E-state index contributed by atoms with van der Waals surface area (Å²) in [5, 5.41) is 1.20. The summed E-state index contributed by atoms with van der Waals surface area (Å²) in [6.07, 6.45) is 2.02. The van der Waals surface area contributed by atoms with Crippen molar-refractivity contribution in [2.24, 2.45) is 0 Å². The van der Waals surface area contributed by atoms with Crippen molar-refractivity contribution in [3.63, 3.8) is 0 Å². The van der Waals surface area contributed by atoms with Crippen LogP contribution in [0.1, 0.15) is 17.0 Å². The van der Waals surface area contributed by atoms with Crippen molar-refractivity contribution in [3.05, 3.63) is 28.8 Å². The second kappa shape index (κ2) is 4.28. The maximum Gasteiger partial charge on any atom is 0.0939 e. The number of rotatable bonds is 3. The molecule has 0 amide bonds. The average Bonchev–Trinajstić information content (AvgIpc) is 2.56. The normalized spacial score (nSPS) is 11.0. The molecule has 0 saturated carbocycles. The summed E-state index contributed by atoms with van der Waals surface area (Å²) < 4.78 is 1.28. The number of aromatic nitrogens is 1. The molecule has 0 saturated heterocycles. The van der Waals surface area contributed by atoms with E-state index in [9.17, 15) is 0 Å². The van der Waals surface area contributed by atoms with E-state index >= 15 is 0 Å². The molecule has 1 aromatic heterocycles. The zero-order valence-electron chi connectivity index (χ0n) is 8.09. The average molecular weight is 226 g/mol. The molecule has 2 aromatic rings. The van der Waals surface area contributed by atoms with E-state index < -0.39 is 0 Å². The van der Waals surface area contributed by atoms with E-state index in [1.54, 1.807) is 11.3 Å². The van der Waals surface area contributed by atoms with Gasteiger partial charge in [0, 0.05) is 12.3 Å². The molecule has 0 aliphatic heterocycles. The summed E-state index contributed by atoms with van der Waals surface area (Å²) in [7, 11) is 0. The Morgan fingerprint density at radius 1 is 1.43 bits per heavy atom. The molecule has 1 aromatic carbocycles. The Morgan fingerprint density at radius 3 is 3.07 bits per heavy atom. The maximum absolute atomic E-state index is 5.65. The summed E-state index contributed by atoms with van der Waals surface area (Å²) in [4.78, 5) is 4.57. The van der Waals surface area contributed by atoms with E-state index in [2.05, 4.69) is 30.1 Å². The largest absolute Gasteiger partial charge is 0.241 e. The minimum Gasteiger partial charge on any atom is -0.241 e. The predicted molar refractivity (Wildman–Crippen MR) is 63.4 cm³/mol. The van der Waals surface area contributed by atoms with Crippen LogP contribution in [0.15, 0.2) is 18.2 Å². The van der Waals surface area contributed by atoms with Crippen molar-refractivity contribution in [2.45, 2.75) is 19.8 Å². The molecule has 0 radical (unpaired) electrons. The lowest BCUT2D eigenvalue weighted by Gasteiger charge is -1.89. The number of hydrogen-bond donors (Lipinski definition) is 0. The van der Waals surface area contributed by atoms with E-state index in [0.29, 0.717) is 0 Å². The van der Waals surface area contributed by atoms with Crippen molar-refractivity contribution in [2.75, 3.05) is 5.88 Å². The molecule has 0 aliphatic rings. The lowest BCUT2D eigenvalue weighted by atomic mass is 10.2. The zero-order chi connectivity index (χ0) is 9.97. The molecule has 2 rings (SSSR count). The SMILES string of the molecule is Cc1ccc2sc(CCCCl)nc2c1. The van der Waals surface area contributed by atoms with Gasteiger partial charge in [-0.15, -0.1) is 22.9 Å². The third kappa shape index (κ3) is 2.07. The molecule has 0 bridgehead atoms. The molecule has 0 unspecified atom stereocenters. The van der Waals surface area contributed by atoms with Gasteiger partial charge in [-0.3, -0.25) is 0 Å². The highest BCUT2D eigenvalue weighted by atomic mass is 35.5. The molecule has 1 heterocycles. The number of halogens is 1. The predicted octanol–water partition coefficient (Wildman–Crippen LogP) is 3.78. The first-order valence-electron chi connectivity index (χ1n) is 4.71. The van der Waals surface area contributed by atoms with Gasteiger partial charge in [-0.1, -0.05) is 6.07 Å². The number of benzene rings is 1. The van der Waals surface area contributed by atoms with Crippen molar-refractivity contribution >= 4 is 33.2 Å². The summed E-state index contributed by atoms with van der Waals surface area (Å²) in [5.74, 6) is 0.717. The Labute approximate surface area is 92.7 Å². The highest BCUT2D eigenvalue weighted by molar-refractivity contribution is 7.18. The first-order chi connectivity index (χ1) is 6.79. The molecule has 14 heavy (non-hydrogen) atoms. The van der Waals surface area contributed by atoms with E-state index in [0.717, 1.165) is 24.2 Å². The topological polar surface area (TPSA) is 12.9 Å². The minimum absolute atomic E-state index is 0.717. The van der Waals surface area contributed by atoms with Gasteiger partial charge in [0.05, 0.1) is 15.2 Å². The van der Waals surface area contributed by atoms with E-state index in [4.69, 9.17) is 11.6 Å². The fourth-order valence-corrected chi connectivity index (χ4v) is 2.53. The number of nitrogens with zero attached hydrogens (tertiary/aromatic N) is 1. The number of fused-ring (bicyclic) bond motifs is 1. The Bertz CT molecular complexity index is 436. The van der Waals surface area contributed by atoms with Gasteiger partial charge in [0.1, 0.15) is 0 Å². The van der Waals surface area contributed by atoms with Crippen LogP contribution in [0, 0.1) is 6.92 Å². The van der Waals surface area contributed by atoms with Gasteiger partial charge in [-0.05, 0) is 31.0 Å². The number of hydrogen-bond acceptors (Lipinski definition) is 2. The highest BCUT2D eigenvalue weighted by Crippen LogP contribution is 2.23. The van der Waals surface area contributed by atoms with E-state index in [-0.39, 0.29) is 0 Å². The molecular formula is C11H12ClNS. The lowest BCUT2D eigenvalue weighted by molar-refractivity contribution is 0.919. The van der Waals surface area contributed by atoms with Crippen LogP contribution in [0.4, 0.5) is 0 Å². The molecule has 0 N–H and O–H groups in total. The standard InChI is InChI=1S/C11H12ClNS/c1-8-4-5-10-9(7-8)13-11(14-10)3-2-6-12/h4-5,7H,2-3,6H2,1H3. The summed E-state index contributed by atoms with van der Waals surface area (Å²) in [6.45, 7) is 2.09. The highest BCUT2D eigenvalue weighted by Gasteiger charge is 2.02. The molecule has 3 heteroatoms. The summed E-state index contributed by atoms with van der Waals surface area (Å²) >= 11 is 7.43. The fourth-order valence-electron chi connectivity index (χ4n) is 1.41. The second-order valence-electron chi connectivity index (χ2n) is 3.37. The summed E-state index contributed by atoms with van der Waals surface area (Å²) in [6, 6.07) is 6.41. The van der Waals surface area contributed by atoms with E-state index in [1.807, 2.05) is 0 Å². The molecule has 74 valence electrons. The molecule has 0 atom stereocenters. The maximum atomic E-state index is 5.65. The molecule has 0 spiro atoms. The second-order valence-corrected chi connectivity index (χ2v) is 4.86. The van der Waals surface area contributed by atoms with E-state index in [1.165, 1.54) is 15.3 Å². The fraction of sp³-hybridized carbons (Fsp3) is 0.364. The molecular weight excluding hydrogens is 214 g/mol. The van der Waals surface area contributed by atoms with Crippen LogP contribution in [0.2, 0.25) is 0 Å². The number of alkyl halides is 1. The van der Waals surface area contributed by atoms with Gasteiger partial charge in [0.25, 0.3) is 0 Å².